The zero-order chi connectivity index (χ0) is 94.8. The van der Waals surface area contributed by atoms with E-state index in [9.17, 15) is 86.3 Å². The fourth-order valence-electron chi connectivity index (χ4n) is 10.2. The lowest BCUT2D eigenvalue weighted by Gasteiger charge is -2.21. The monoisotopic (exact) mass is 1870 g/mol. The molecule has 0 bridgehead atoms. The number of likely N-dealkylation sites (N-methyl/N-ethyl adjacent to an activating group) is 2. The Morgan fingerprint density at radius 3 is 0.740 bits per heavy atom. The second kappa shape index (κ2) is 68.8. The summed E-state index contributed by atoms with van der Waals surface area (Å²) in [6, 6.07) is -8.14. The first-order chi connectivity index (χ1) is 56.9. The van der Waals surface area contributed by atoms with Crippen molar-refractivity contribution in [3.05, 3.63) is 0 Å². The molecule has 4 fully saturated rings. The Balaban J connectivity index is -0.000000322. The van der Waals surface area contributed by atoms with Crippen LogP contribution in [0, 0.1) is 0 Å². The van der Waals surface area contributed by atoms with Crippen molar-refractivity contribution in [2.45, 2.75) is 325 Å². The largest absolute Gasteiger partial charge is 0.368 e. The van der Waals surface area contributed by atoms with Crippen LogP contribution >= 0.6 is 24.0 Å². The summed E-state index contributed by atoms with van der Waals surface area (Å²) in [4.78, 5) is 219. The number of rotatable bonds is 34. The Kier molecular flexibility index (Phi) is 68.1. The Morgan fingerprint density at radius 1 is 0.293 bits per heavy atom. The molecule has 4 aliphatic heterocycles. The number of carbonyl (C=O) groups excluding carboxylic acids is 18. The van der Waals surface area contributed by atoms with Crippen LogP contribution in [0.4, 0.5) is 0 Å². The number of hydrogen-bond donors (Lipinski definition) is 18. The van der Waals surface area contributed by atoms with Crippen LogP contribution in [0.5, 0.6) is 0 Å². The molecule has 43 heteroatoms. The zero-order valence-corrected chi connectivity index (χ0v) is 79.2. The van der Waals surface area contributed by atoms with E-state index in [-0.39, 0.29) is 132 Å². The van der Waals surface area contributed by atoms with Gasteiger partial charge in [0.25, 0.3) is 0 Å². The molecule has 0 aromatic rings. The van der Waals surface area contributed by atoms with Gasteiger partial charge in [0.2, 0.25) is 106 Å². The van der Waals surface area contributed by atoms with Crippen LogP contribution in [0.2, 0.25) is 0 Å². The van der Waals surface area contributed by atoms with E-state index < -0.39 is 96.1 Å². The number of likely N-dealkylation sites (tertiary alicyclic amines) is 4. The van der Waals surface area contributed by atoms with E-state index in [0.717, 1.165) is 117 Å². The van der Waals surface area contributed by atoms with Crippen LogP contribution in [0.25, 0.3) is 0 Å². The Hall–Kier alpha value is -9.63. The first-order valence-electron chi connectivity index (χ1n) is 42.2. The highest BCUT2D eigenvalue weighted by Crippen LogP contribution is 2.13. The minimum absolute atomic E-state index is 0. The second-order valence-electron chi connectivity index (χ2n) is 29.8. The summed E-state index contributed by atoms with van der Waals surface area (Å²) >= 11 is 0. The van der Waals surface area contributed by atoms with Crippen molar-refractivity contribution < 1.29 is 87.7 Å². The number of hydrogen-bond acceptors (Lipinski definition) is 24. The van der Waals surface area contributed by atoms with Crippen molar-refractivity contribution in [3.8, 4) is 0 Å². The molecule has 16 unspecified atom stereocenters. The number of carbonyl (C=O) groups is 18. The molecule has 18 amide bonds. The van der Waals surface area contributed by atoms with Crippen LogP contribution in [-0.4, -0.2) is 301 Å². The summed E-state index contributed by atoms with van der Waals surface area (Å²) < 4.78 is 0. The quantitative estimate of drug-likeness (QED) is 0.0234. The van der Waals surface area contributed by atoms with Gasteiger partial charge < -0.3 is 118 Å². The maximum absolute atomic E-state index is 12.1. The fourth-order valence-corrected chi connectivity index (χ4v) is 10.2. The van der Waals surface area contributed by atoms with Gasteiger partial charge in [-0.25, -0.2) is 0 Å². The van der Waals surface area contributed by atoms with E-state index in [0.29, 0.717) is 25.7 Å². The van der Waals surface area contributed by atoms with Crippen LogP contribution in [-0.2, 0) is 86.3 Å². The molecular formula is C80H155IN24O18. The molecule has 4 heterocycles. The smallest absolute Gasteiger partial charge is 0.247 e. The SMILES string of the molecule is CC(N)C(=O)N1CCCC1.CC(N)C(=O)NC(C)C(=O)N1CCCC1.CCC(=O)NC(C)C(=O)NC(C)C(=O)NC.CCC(=O)NC(C)C(=O)NC(C)C(=O)NC.CCC(=O)NC(C)C(=O)NC(C)C(N)=O.CCC(=O)NC(C)C(=O)NC(C)C(N)=O.CCC(N)C=NC(C)C(=O)N1CCCC1.CCC(N)C=NC(C)C(=O)NC(C)C(=O)N1CCCC1.I.[HH]. The predicted molar refractivity (Wildman–Crippen MR) is 484 cm³/mol. The summed E-state index contributed by atoms with van der Waals surface area (Å²) in [5, 5.41) is 29.9. The molecule has 0 radical (unpaired) electrons. The summed E-state index contributed by atoms with van der Waals surface area (Å²) in [5.41, 5.74) is 32.2. The number of aliphatic imine (C=N–C) groups is 2. The van der Waals surface area contributed by atoms with Crippen molar-refractivity contribution in [3.63, 3.8) is 0 Å². The molecule has 4 aliphatic rings. The minimum Gasteiger partial charge on any atom is -0.368 e. The molecule has 24 N–H and O–H groups in total. The zero-order valence-electron chi connectivity index (χ0n) is 76.9. The van der Waals surface area contributed by atoms with E-state index in [4.69, 9.17) is 34.4 Å². The highest BCUT2D eigenvalue weighted by molar-refractivity contribution is 14.0. The molecule has 4 saturated heterocycles. The summed E-state index contributed by atoms with van der Waals surface area (Å²) in [6.45, 7) is 40.1. The van der Waals surface area contributed by atoms with E-state index in [1.54, 1.807) is 112 Å². The standard InChI is InChI=1S/C14H26N4O2.C11H21N3O.2C10H19N3O3.C10H19N3O2.2C9H17N3O3.C7H14N2O.HI.H2/c1-4-12(15)9-16-10(2)13(19)17-11(3)14(20)18-7-5-6-8-18;1-3-10(12)8-13-9(2)11(15)14-6-4-5-7-14;2*1-5-8(14)12-7(3)10(16)13-6(2)9(15)11-4;1-7(11)9(14)12-8(2)10(15)13-5-3-4-6-13;2*1-4-7(13)11-6(3)9(15)12-5(2)8(10)14;1-6(8)7(10)9-4-2-3-5-9;;/h9-12H,4-8,15H2,1-3H3,(H,17,19);8-10H,3-7,12H2,1-2H3;2*6-7H,5H2,1-4H3,(H,11,15)(H,12,14)(H,13,16);7-8H,3-6,11H2,1-2H3,(H,12,14);2*5-6H,4H2,1-3H3,(H2,10,14)(H,11,13)(H,12,15);6H,2-5,8H2,1H3;2*1H. The van der Waals surface area contributed by atoms with Gasteiger partial charge in [-0.05, 0) is 161 Å². The van der Waals surface area contributed by atoms with Crippen molar-refractivity contribution in [1.82, 2.24) is 83.4 Å². The van der Waals surface area contributed by atoms with E-state index in [1.165, 1.54) is 41.8 Å². The van der Waals surface area contributed by atoms with Crippen molar-refractivity contribution in [2.24, 2.45) is 44.4 Å². The molecule has 0 aromatic carbocycles. The lowest BCUT2D eigenvalue weighted by Crippen LogP contribution is -2.51. The predicted octanol–water partition coefficient (Wildman–Crippen LogP) is -2.52. The third-order valence-corrected chi connectivity index (χ3v) is 18.5. The van der Waals surface area contributed by atoms with Gasteiger partial charge in [0, 0.05) is 118 Å². The third kappa shape index (κ3) is 56.0. The average Bonchev–Trinajstić information content (AvgIpc) is 1.77. The van der Waals surface area contributed by atoms with Crippen LogP contribution in [0.15, 0.2) is 9.98 Å². The first kappa shape index (κ1) is 122. The fraction of sp³-hybridized carbons (Fsp3) is 0.750. The van der Waals surface area contributed by atoms with E-state index >= 15 is 0 Å². The number of primary amides is 2. The van der Waals surface area contributed by atoms with E-state index in [2.05, 4.69) is 73.8 Å². The van der Waals surface area contributed by atoms with Gasteiger partial charge in [0.05, 0.1) is 12.1 Å². The molecule has 0 spiro atoms. The number of nitrogens with two attached hydrogens (primary N) is 6. The van der Waals surface area contributed by atoms with Crippen LogP contribution in [0.3, 0.4) is 0 Å². The molecule has 0 aromatic heterocycles. The van der Waals surface area contributed by atoms with Gasteiger partial charge in [-0.3, -0.25) is 96.3 Å². The molecule has 4 rings (SSSR count). The van der Waals surface area contributed by atoms with Crippen LogP contribution < -0.4 is 98.2 Å². The molecule has 123 heavy (non-hydrogen) atoms. The molecule has 42 nitrogen and oxygen atoms in total. The van der Waals surface area contributed by atoms with Crippen molar-refractivity contribution in [1.29, 1.82) is 0 Å². The molecule has 0 aliphatic carbocycles. The molecule has 710 valence electrons. The number of halogens is 1. The van der Waals surface area contributed by atoms with E-state index in [1.807, 2.05) is 30.6 Å². The normalized spacial score (nSPS) is 16.8. The van der Waals surface area contributed by atoms with Crippen molar-refractivity contribution in [2.75, 3.05) is 66.5 Å². The second-order valence-corrected chi connectivity index (χ2v) is 29.8. The lowest BCUT2D eigenvalue weighted by atomic mass is 10.2. The summed E-state index contributed by atoms with van der Waals surface area (Å²) in [5.74, 6) is -4.55. The average molecular weight is 1870 g/mol. The lowest BCUT2D eigenvalue weighted by molar-refractivity contribution is -0.135. The van der Waals surface area contributed by atoms with Gasteiger partial charge in [0.1, 0.15) is 72.5 Å². The molecule has 16 atom stereocenters. The minimum atomic E-state index is -0.738. The maximum atomic E-state index is 12.1. The Labute approximate surface area is 746 Å². The van der Waals surface area contributed by atoms with Gasteiger partial charge in [0.15, 0.2) is 0 Å². The number of nitrogens with zero attached hydrogens (tertiary/aromatic N) is 6. The molecular weight excluding hydrogens is 1710 g/mol. The van der Waals surface area contributed by atoms with Gasteiger partial charge in [-0.15, -0.1) is 24.0 Å². The first-order valence-corrected chi connectivity index (χ1v) is 42.2. The van der Waals surface area contributed by atoms with Gasteiger partial charge in [-0.2, -0.15) is 0 Å². The topological polar surface area (TPSA) is 645 Å². The maximum Gasteiger partial charge on any atom is 0.247 e. The van der Waals surface area contributed by atoms with Gasteiger partial charge >= 0.3 is 0 Å². The molecule has 0 saturated carbocycles. The number of amides is 18. The van der Waals surface area contributed by atoms with Gasteiger partial charge in [-0.1, -0.05) is 41.5 Å². The Bertz CT molecular complexity index is 3230. The third-order valence-electron chi connectivity index (χ3n) is 18.5. The van der Waals surface area contributed by atoms with Crippen LogP contribution in [0.1, 0.15) is 230 Å². The Morgan fingerprint density at radius 2 is 0.512 bits per heavy atom. The number of nitrogens with one attached hydrogen (secondary N) is 12. The highest BCUT2D eigenvalue weighted by atomic mass is 127. The summed E-state index contributed by atoms with van der Waals surface area (Å²) in [7, 11) is 2.99. The highest BCUT2D eigenvalue weighted by Gasteiger charge is 2.30. The van der Waals surface area contributed by atoms with Crippen molar-refractivity contribution >= 4 is 143 Å². The summed E-state index contributed by atoms with van der Waals surface area (Å²) in [6.07, 6.45) is 14.9.